The second-order valence-electron chi connectivity index (χ2n) is 5.34. The Morgan fingerprint density at radius 1 is 1.15 bits per heavy atom. The number of benzene rings is 2. The van der Waals surface area contributed by atoms with E-state index in [1.54, 1.807) is 37.5 Å². The Morgan fingerprint density at radius 3 is 2.62 bits per heavy atom. The molecule has 2 aromatic rings. The van der Waals surface area contributed by atoms with Gasteiger partial charge in [-0.1, -0.05) is 35.3 Å². The number of hydrogen-bond donors (Lipinski definition) is 2. The first-order valence-electron chi connectivity index (χ1n) is 7.50. The van der Waals surface area contributed by atoms with Gasteiger partial charge in [0.1, 0.15) is 6.61 Å². The Labute approximate surface area is 164 Å². The molecule has 8 heteroatoms. The monoisotopic (exact) mass is 408 g/mol. The molecule has 0 unspecified atom stereocenters. The molecule has 0 aromatic heterocycles. The molecular weight excluding hydrogens is 395 g/mol. The molecule has 2 aromatic carbocycles. The lowest BCUT2D eigenvalue weighted by Crippen LogP contribution is -2.18. The minimum absolute atomic E-state index is 0.120. The van der Waals surface area contributed by atoms with Crippen molar-refractivity contribution in [1.29, 1.82) is 5.41 Å². The van der Waals surface area contributed by atoms with Crippen molar-refractivity contribution in [1.82, 2.24) is 5.32 Å². The lowest BCUT2D eigenvalue weighted by molar-refractivity contribution is -0.115. The van der Waals surface area contributed by atoms with Crippen LogP contribution in [0.15, 0.2) is 41.3 Å². The highest BCUT2D eigenvalue weighted by molar-refractivity contribution is 8.18. The summed E-state index contributed by atoms with van der Waals surface area (Å²) in [5.74, 6) is 0.828. The van der Waals surface area contributed by atoms with Crippen LogP contribution in [0.4, 0.5) is 0 Å². The zero-order chi connectivity index (χ0) is 18.7. The quantitative estimate of drug-likeness (QED) is 0.701. The number of amidine groups is 1. The Balaban J connectivity index is 1.76. The SMILES string of the molecule is COc1cc(/C=C2\SC(=N)NC2=O)ccc1OCc1ccc(Cl)c(Cl)c1. The van der Waals surface area contributed by atoms with E-state index in [4.69, 9.17) is 38.1 Å². The molecule has 1 heterocycles. The van der Waals surface area contributed by atoms with Crippen molar-refractivity contribution in [2.75, 3.05) is 7.11 Å². The molecule has 2 N–H and O–H groups in total. The maximum atomic E-state index is 11.7. The van der Waals surface area contributed by atoms with Gasteiger partial charge in [0.15, 0.2) is 16.7 Å². The number of methoxy groups -OCH3 is 1. The highest BCUT2D eigenvalue weighted by Gasteiger charge is 2.22. The number of thioether (sulfide) groups is 1. The van der Waals surface area contributed by atoms with Crippen molar-refractivity contribution >= 4 is 52.1 Å². The molecule has 0 saturated carbocycles. The Bertz CT molecular complexity index is 915. The van der Waals surface area contributed by atoms with Gasteiger partial charge in [-0.15, -0.1) is 0 Å². The Morgan fingerprint density at radius 2 is 1.96 bits per heavy atom. The fraction of sp³-hybridized carbons (Fsp3) is 0.111. The highest BCUT2D eigenvalue weighted by atomic mass is 35.5. The third kappa shape index (κ3) is 4.33. The van der Waals surface area contributed by atoms with Crippen LogP contribution in [0.1, 0.15) is 11.1 Å². The molecule has 5 nitrogen and oxygen atoms in total. The van der Waals surface area contributed by atoms with Crippen LogP contribution in [-0.2, 0) is 11.4 Å². The Hall–Kier alpha value is -2.15. The molecule has 3 rings (SSSR count). The van der Waals surface area contributed by atoms with E-state index >= 15 is 0 Å². The van der Waals surface area contributed by atoms with E-state index in [1.165, 1.54) is 0 Å². The van der Waals surface area contributed by atoms with Gasteiger partial charge < -0.3 is 14.8 Å². The van der Waals surface area contributed by atoms with Gasteiger partial charge in [-0.25, -0.2) is 0 Å². The van der Waals surface area contributed by atoms with Crippen LogP contribution >= 0.6 is 35.0 Å². The molecule has 0 atom stereocenters. The van der Waals surface area contributed by atoms with Crippen LogP contribution in [0.5, 0.6) is 11.5 Å². The second kappa shape index (κ2) is 8.03. The molecule has 26 heavy (non-hydrogen) atoms. The summed E-state index contributed by atoms with van der Waals surface area (Å²) in [5.41, 5.74) is 1.65. The second-order valence-corrected chi connectivity index (χ2v) is 7.21. The number of carbonyl (C=O) groups excluding carboxylic acids is 1. The molecule has 1 aliphatic heterocycles. The summed E-state index contributed by atoms with van der Waals surface area (Å²) in [5, 5.41) is 11.0. The first-order chi connectivity index (χ1) is 12.5. The number of ether oxygens (including phenoxy) is 2. The number of halogens is 2. The van der Waals surface area contributed by atoms with Crippen molar-refractivity contribution in [3.8, 4) is 11.5 Å². The van der Waals surface area contributed by atoms with Crippen LogP contribution in [0.2, 0.25) is 10.0 Å². The molecule has 1 aliphatic rings. The normalized spacial score (nSPS) is 15.3. The summed E-state index contributed by atoms with van der Waals surface area (Å²) in [4.78, 5) is 12.2. The molecule has 0 radical (unpaired) electrons. The van der Waals surface area contributed by atoms with Crippen LogP contribution < -0.4 is 14.8 Å². The maximum Gasteiger partial charge on any atom is 0.264 e. The van der Waals surface area contributed by atoms with E-state index in [9.17, 15) is 4.79 Å². The van der Waals surface area contributed by atoms with Crippen LogP contribution in [0, 0.1) is 5.41 Å². The third-order valence-electron chi connectivity index (χ3n) is 3.53. The molecule has 1 amide bonds. The minimum Gasteiger partial charge on any atom is -0.493 e. The van der Waals surface area contributed by atoms with Gasteiger partial charge in [-0.3, -0.25) is 10.2 Å². The molecular formula is C18H14Cl2N2O3S. The summed E-state index contributed by atoms with van der Waals surface area (Å²) in [7, 11) is 1.55. The first-order valence-corrected chi connectivity index (χ1v) is 9.07. The lowest BCUT2D eigenvalue weighted by atomic mass is 10.2. The standard InChI is InChI=1S/C18H14Cl2N2O3S/c1-24-15-7-10(8-16-17(23)22-18(21)26-16)3-5-14(15)25-9-11-2-4-12(19)13(20)6-11/h2-8H,9H2,1H3,(H2,21,22,23)/b16-8-. The summed E-state index contributed by atoms with van der Waals surface area (Å²) in [6.07, 6.45) is 1.70. The van der Waals surface area contributed by atoms with Gasteiger partial charge in [0.2, 0.25) is 0 Å². The molecule has 0 bridgehead atoms. The molecule has 1 saturated heterocycles. The smallest absolute Gasteiger partial charge is 0.264 e. The summed E-state index contributed by atoms with van der Waals surface area (Å²) >= 11 is 13.0. The average molecular weight is 409 g/mol. The van der Waals surface area contributed by atoms with Crippen molar-refractivity contribution in [3.63, 3.8) is 0 Å². The average Bonchev–Trinajstić information content (AvgIpc) is 2.93. The highest BCUT2D eigenvalue weighted by Crippen LogP contribution is 2.32. The van der Waals surface area contributed by atoms with Gasteiger partial charge >= 0.3 is 0 Å². The number of carbonyl (C=O) groups is 1. The summed E-state index contributed by atoms with van der Waals surface area (Å²) < 4.78 is 11.2. The molecule has 1 fully saturated rings. The predicted octanol–water partition coefficient (Wildman–Crippen LogP) is 4.72. The predicted molar refractivity (Wildman–Crippen MR) is 105 cm³/mol. The fourth-order valence-corrected chi connectivity index (χ4v) is 3.30. The van der Waals surface area contributed by atoms with Crippen LogP contribution in [0.3, 0.4) is 0 Å². The zero-order valence-corrected chi connectivity index (χ0v) is 16.0. The number of amides is 1. The topological polar surface area (TPSA) is 71.4 Å². The van der Waals surface area contributed by atoms with Gasteiger partial charge in [0.05, 0.1) is 22.1 Å². The summed E-state index contributed by atoms with van der Waals surface area (Å²) in [6, 6.07) is 10.7. The molecule has 0 spiro atoms. The van der Waals surface area contributed by atoms with E-state index in [-0.39, 0.29) is 11.1 Å². The lowest BCUT2D eigenvalue weighted by Gasteiger charge is -2.12. The van der Waals surface area contributed by atoms with E-state index < -0.39 is 0 Å². The van der Waals surface area contributed by atoms with Crippen molar-refractivity contribution in [3.05, 3.63) is 62.5 Å². The van der Waals surface area contributed by atoms with Gasteiger partial charge in [0.25, 0.3) is 5.91 Å². The number of rotatable bonds is 5. The van der Waals surface area contributed by atoms with E-state index in [1.807, 2.05) is 12.1 Å². The number of nitrogens with one attached hydrogen (secondary N) is 2. The molecule has 134 valence electrons. The van der Waals surface area contributed by atoms with Crippen molar-refractivity contribution in [2.24, 2.45) is 0 Å². The molecule has 0 aliphatic carbocycles. The van der Waals surface area contributed by atoms with Gasteiger partial charge in [-0.2, -0.15) is 0 Å². The van der Waals surface area contributed by atoms with Gasteiger partial charge in [0, 0.05) is 0 Å². The zero-order valence-electron chi connectivity index (χ0n) is 13.6. The van der Waals surface area contributed by atoms with Gasteiger partial charge in [-0.05, 0) is 53.2 Å². The minimum atomic E-state index is -0.279. The van der Waals surface area contributed by atoms with E-state index in [0.717, 1.165) is 22.9 Å². The fourth-order valence-electron chi connectivity index (χ4n) is 2.28. The van der Waals surface area contributed by atoms with E-state index in [2.05, 4.69) is 5.32 Å². The largest absolute Gasteiger partial charge is 0.493 e. The van der Waals surface area contributed by atoms with Crippen LogP contribution in [-0.4, -0.2) is 18.2 Å². The maximum absolute atomic E-state index is 11.7. The van der Waals surface area contributed by atoms with E-state index in [0.29, 0.717) is 33.1 Å². The summed E-state index contributed by atoms with van der Waals surface area (Å²) in [6.45, 7) is 0.309. The first kappa shape index (κ1) is 18.6. The Kier molecular flexibility index (Phi) is 5.76. The van der Waals surface area contributed by atoms with Crippen molar-refractivity contribution in [2.45, 2.75) is 6.61 Å². The number of hydrogen-bond acceptors (Lipinski definition) is 5. The third-order valence-corrected chi connectivity index (χ3v) is 5.10. The van der Waals surface area contributed by atoms with Crippen molar-refractivity contribution < 1.29 is 14.3 Å². The van der Waals surface area contributed by atoms with Crippen LogP contribution in [0.25, 0.3) is 6.08 Å².